The summed E-state index contributed by atoms with van der Waals surface area (Å²) in [5.74, 6) is -0.749. The molecule has 1 aromatic carbocycles. The van der Waals surface area contributed by atoms with Gasteiger partial charge in [-0.25, -0.2) is 0 Å². The molecule has 158 valence electrons. The zero-order chi connectivity index (χ0) is 21.3. The maximum absolute atomic E-state index is 12.4. The van der Waals surface area contributed by atoms with Gasteiger partial charge in [-0.2, -0.15) is 13.2 Å². The summed E-state index contributed by atoms with van der Waals surface area (Å²) < 4.78 is 36.9. The van der Waals surface area contributed by atoms with Crippen LogP contribution < -0.4 is 15.5 Å². The molecule has 0 unspecified atom stereocenters. The van der Waals surface area contributed by atoms with E-state index >= 15 is 0 Å². The highest BCUT2D eigenvalue weighted by Crippen LogP contribution is 2.34. The van der Waals surface area contributed by atoms with Crippen LogP contribution in [0.3, 0.4) is 0 Å². The summed E-state index contributed by atoms with van der Waals surface area (Å²) in [6.45, 7) is 4.79. The van der Waals surface area contributed by atoms with E-state index in [2.05, 4.69) is 10.6 Å². The predicted molar refractivity (Wildman–Crippen MR) is 103 cm³/mol. The highest BCUT2D eigenvalue weighted by atomic mass is 19.4. The van der Waals surface area contributed by atoms with Gasteiger partial charge in [0.15, 0.2) is 0 Å². The van der Waals surface area contributed by atoms with Crippen molar-refractivity contribution in [3.63, 3.8) is 0 Å². The molecule has 1 heterocycles. The number of carbonyl (C=O) groups excluding carboxylic acids is 1. The van der Waals surface area contributed by atoms with Gasteiger partial charge in [-0.15, -0.1) is 0 Å². The number of carbonyl (C=O) groups is 1. The lowest BCUT2D eigenvalue weighted by Crippen LogP contribution is -2.33. The fourth-order valence-corrected chi connectivity index (χ4v) is 2.92. The maximum atomic E-state index is 12.4. The van der Waals surface area contributed by atoms with E-state index in [0.717, 1.165) is 25.3 Å². The van der Waals surface area contributed by atoms with Gasteiger partial charge in [0.2, 0.25) is 0 Å². The topological polar surface area (TPSA) is 87.5 Å². The van der Waals surface area contributed by atoms with E-state index < -0.39 is 30.0 Å². The Hall–Kier alpha value is -2.52. The molecule has 0 bridgehead atoms. The van der Waals surface area contributed by atoms with Crippen LogP contribution in [-0.2, 0) is 0 Å². The second kappa shape index (κ2) is 10.7. The molecule has 1 amide bonds. The highest BCUT2D eigenvalue weighted by Gasteiger charge is 2.28. The zero-order valence-electron chi connectivity index (χ0n) is 16.4. The average Bonchev–Trinajstić information content (AvgIpc) is 2.68. The number of hydrogen-bond donors (Lipinski definition) is 2. The number of nitrogens with zero attached hydrogens (tertiary/aromatic N) is 2. The van der Waals surface area contributed by atoms with Gasteiger partial charge in [-0.1, -0.05) is 13.8 Å². The van der Waals surface area contributed by atoms with Crippen LogP contribution in [0.5, 0.6) is 0 Å². The molecule has 1 saturated heterocycles. The van der Waals surface area contributed by atoms with Gasteiger partial charge < -0.3 is 15.5 Å². The minimum atomic E-state index is -4.38. The van der Waals surface area contributed by atoms with Crippen LogP contribution in [0.1, 0.15) is 49.9 Å². The van der Waals surface area contributed by atoms with Gasteiger partial charge in [0.05, 0.1) is 22.6 Å². The molecule has 0 saturated carbocycles. The van der Waals surface area contributed by atoms with Crippen molar-refractivity contribution in [2.24, 2.45) is 0 Å². The standard InChI is InChI=1S/C16H21F3N4O3.C2H6/c1-20-12-10-13(22-7-3-2-4-8-22)11(9-14(12)23(25)26)15(24)21-6-5-16(17,18)19;1-2/h9-10,20H,2-8H2,1H3,(H,21,24);1-2H3. The fourth-order valence-electron chi connectivity index (χ4n) is 2.92. The van der Waals surface area contributed by atoms with Gasteiger partial charge in [0.25, 0.3) is 11.6 Å². The van der Waals surface area contributed by atoms with E-state index in [0.29, 0.717) is 18.8 Å². The smallest absolute Gasteiger partial charge is 0.383 e. The number of anilines is 2. The molecular formula is C18H27F3N4O3. The van der Waals surface area contributed by atoms with Crippen LogP contribution >= 0.6 is 0 Å². The number of halogens is 3. The Balaban J connectivity index is 0.00000190. The summed E-state index contributed by atoms with van der Waals surface area (Å²) >= 11 is 0. The first-order chi connectivity index (χ1) is 13.2. The van der Waals surface area contributed by atoms with Crippen molar-refractivity contribution >= 4 is 23.0 Å². The van der Waals surface area contributed by atoms with Crippen LogP contribution in [0, 0.1) is 10.1 Å². The van der Waals surface area contributed by atoms with Crippen LogP contribution in [0.25, 0.3) is 0 Å². The van der Waals surface area contributed by atoms with Crippen molar-refractivity contribution in [3.8, 4) is 0 Å². The summed E-state index contributed by atoms with van der Waals surface area (Å²) in [4.78, 5) is 25.0. The molecule has 2 rings (SSSR count). The number of nitro benzene ring substituents is 1. The third kappa shape index (κ3) is 6.58. The number of amides is 1. The average molecular weight is 404 g/mol. The Labute approximate surface area is 162 Å². The van der Waals surface area contributed by atoms with Crippen LogP contribution in [0.15, 0.2) is 12.1 Å². The fraction of sp³-hybridized carbons (Fsp3) is 0.611. The molecule has 10 heteroatoms. The van der Waals surface area contributed by atoms with Crippen LogP contribution in [0.4, 0.5) is 30.2 Å². The predicted octanol–water partition coefficient (Wildman–Crippen LogP) is 4.34. The molecule has 1 fully saturated rings. The molecule has 1 aromatic rings. The Morgan fingerprint density at radius 3 is 2.32 bits per heavy atom. The molecule has 7 nitrogen and oxygen atoms in total. The van der Waals surface area contributed by atoms with Crippen molar-refractivity contribution < 1.29 is 22.9 Å². The maximum Gasteiger partial charge on any atom is 0.390 e. The molecule has 2 N–H and O–H groups in total. The second-order valence-corrected chi connectivity index (χ2v) is 6.06. The minimum Gasteiger partial charge on any atom is -0.383 e. The van der Waals surface area contributed by atoms with Gasteiger partial charge in [0.1, 0.15) is 5.69 Å². The van der Waals surface area contributed by atoms with E-state index in [1.54, 1.807) is 0 Å². The first-order valence-corrected chi connectivity index (χ1v) is 9.33. The Morgan fingerprint density at radius 2 is 1.82 bits per heavy atom. The molecule has 0 spiro atoms. The summed E-state index contributed by atoms with van der Waals surface area (Å²) in [6, 6.07) is 2.64. The summed E-state index contributed by atoms with van der Waals surface area (Å²) in [5, 5.41) is 16.2. The number of alkyl halides is 3. The molecule has 0 radical (unpaired) electrons. The largest absolute Gasteiger partial charge is 0.390 e. The Bertz CT molecular complexity index is 675. The zero-order valence-corrected chi connectivity index (χ0v) is 16.4. The monoisotopic (exact) mass is 404 g/mol. The molecule has 0 aromatic heterocycles. The molecule has 0 aliphatic carbocycles. The van der Waals surface area contributed by atoms with Crippen molar-refractivity contribution in [1.29, 1.82) is 0 Å². The third-order valence-electron chi connectivity index (χ3n) is 4.22. The lowest BCUT2D eigenvalue weighted by Gasteiger charge is -2.30. The van der Waals surface area contributed by atoms with Crippen molar-refractivity contribution in [2.75, 3.05) is 36.9 Å². The Kier molecular flexibility index (Phi) is 9.01. The molecule has 0 atom stereocenters. The lowest BCUT2D eigenvalue weighted by atomic mass is 10.0. The second-order valence-electron chi connectivity index (χ2n) is 6.06. The van der Waals surface area contributed by atoms with Crippen molar-refractivity contribution in [2.45, 2.75) is 45.7 Å². The third-order valence-corrected chi connectivity index (χ3v) is 4.22. The SMILES string of the molecule is CC.CNc1cc(N2CCCCC2)c(C(=O)NCCC(F)(F)F)cc1[N+](=O)[O-]. The molecule has 1 aliphatic heterocycles. The van der Waals surface area contributed by atoms with Gasteiger partial charge in [0, 0.05) is 32.7 Å². The van der Waals surface area contributed by atoms with E-state index in [-0.39, 0.29) is 16.9 Å². The number of rotatable bonds is 6. The Morgan fingerprint density at radius 1 is 1.21 bits per heavy atom. The molecular weight excluding hydrogens is 377 g/mol. The quantitative estimate of drug-likeness (QED) is 0.544. The normalized spacial score (nSPS) is 14.0. The number of benzene rings is 1. The van der Waals surface area contributed by atoms with E-state index in [9.17, 15) is 28.1 Å². The van der Waals surface area contributed by atoms with Crippen LogP contribution in [-0.4, -0.2) is 43.7 Å². The van der Waals surface area contributed by atoms with Gasteiger partial charge in [-0.3, -0.25) is 14.9 Å². The lowest BCUT2D eigenvalue weighted by molar-refractivity contribution is -0.384. The van der Waals surface area contributed by atoms with Crippen molar-refractivity contribution in [3.05, 3.63) is 27.8 Å². The van der Waals surface area contributed by atoms with E-state index in [1.165, 1.54) is 13.1 Å². The van der Waals surface area contributed by atoms with E-state index in [1.807, 2.05) is 18.7 Å². The molecule has 28 heavy (non-hydrogen) atoms. The number of piperidine rings is 1. The van der Waals surface area contributed by atoms with E-state index in [4.69, 9.17) is 0 Å². The highest BCUT2D eigenvalue weighted by molar-refractivity contribution is 6.02. The van der Waals surface area contributed by atoms with Gasteiger partial charge >= 0.3 is 6.18 Å². The minimum absolute atomic E-state index is 0.0137. The summed E-state index contributed by atoms with van der Waals surface area (Å²) in [6.07, 6.45) is -2.66. The molecule has 1 aliphatic rings. The van der Waals surface area contributed by atoms with Gasteiger partial charge in [-0.05, 0) is 25.3 Å². The number of nitrogens with one attached hydrogen (secondary N) is 2. The first kappa shape index (κ1) is 23.5. The summed E-state index contributed by atoms with van der Waals surface area (Å²) in [5.41, 5.74) is 0.459. The first-order valence-electron chi connectivity index (χ1n) is 9.33. The number of hydrogen-bond acceptors (Lipinski definition) is 5. The van der Waals surface area contributed by atoms with Crippen LogP contribution in [0.2, 0.25) is 0 Å². The summed E-state index contributed by atoms with van der Waals surface area (Å²) in [7, 11) is 1.53. The van der Waals surface area contributed by atoms with Crippen molar-refractivity contribution in [1.82, 2.24) is 5.32 Å². The number of nitro groups is 1.